The molecule has 0 radical (unpaired) electrons. The summed E-state index contributed by atoms with van der Waals surface area (Å²) < 4.78 is 6.27. The van der Waals surface area contributed by atoms with Crippen molar-refractivity contribution in [2.75, 3.05) is 6.54 Å². The molecule has 0 aromatic heterocycles. The molecule has 0 aromatic carbocycles. The number of hydrogen-bond donors (Lipinski definition) is 3. The van der Waals surface area contributed by atoms with Crippen LogP contribution in [0.5, 0.6) is 0 Å². The number of likely N-dealkylation sites (tertiary alicyclic amines) is 1. The molecule has 1 heterocycles. The maximum atomic E-state index is 13.4. The van der Waals surface area contributed by atoms with Gasteiger partial charge in [-0.2, -0.15) is 0 Å². The van der Waals surface area contributed by atoms with Gasteiger partial charge >= 0.3 is 0 Å². The highest BCUT2D eigenvalue weighted by molar-refractivity contribution is 6.37. The van der Waals surface area contributed by atoms with E-state index in [0.717, 1.165) is 63.1 Å². The van der Waals surface area contributed by atoms with Gasteiger partial charge in [0, 0.05) is 12.2 Å². The molecule has 8 heteroatoms. The van der Waals surface area contributed by atoms with Gasteiger partial charge in [0.05, 0.1) is 12.1 Å². The van der Waals surface area contributed by atoms with E-state index in [1.54, 1.807) is 0 Å². The second kappa shape index (κ2) is 13.0. The van der Waals surface area contributed by atoms with Crippen molar-refractivity contribution in [1.29, 1.82) is 0 Å². The first-order chi connectivity index (χ1) is 18.2. The van der Waals surface area contributed by atoms with E-state index in [1.807, 2.05) is 0 Å². The predicted octanol–water partition coefficient (Wildman–Crippen LogP) is 3.91. The number of primary amides is 1. The molecule has 3 unspecified atom stereocenters. The van der Waals surface area contributed by atoms with Crippen LogP contribution in [0, 0.1) is 17.8 Å². The Kier molecular flexibility index (Phi) is 9.77. The van der Waals surface area contributed by atoms with Crippen LogP contribution in [-0.2, 0) is 19.1 Å². The van der Waals surface area contributed by atoms with Crippen LogP contribution in [0.25, 0.3) is 0 Å². The molecule has 4 fully saturated rings. The molecule has 0 bridgehead atoms. The quantitative estimate of drug-likeness (QED) is 0.247. The number of nitrogens with zero attached hydrogens (tertiary/aromatic N) is 1. The van der Waals surface area contributed by atoms with Gasteiger partial charge in [-0.1, -0.05) is 45.6 Å². The average Bonchev–Trinajstić information content (AvgIpc) is 3.59. The van der Waals surface area contributed by atoms with Gasteiger partial charge in [0.2, 0.25) is 11.7 Å². The highest BCUT2D eigenvalue weighted by atomic mass is 16.5. The van der Waals surface area contributed by atoms with E-state index in [9.17, 15) is 14.4 Å². The molecule has 3 saturated carbocycles. The van der Waals surface area contributed by atoms with E-state index < -0.39 is 23.8 Å². The van der Waals surface area contributed by atoms with Crippen LogP contribution >= 0.6 is 0 Å². The van der Waals surface area contributed by atoms with Gasteiger partial charge < -0.3 is 26.0 Å². The summed E-state index contributed by atoms with van der Waals surface area (Å²) >= 11 is 0. The summed E-state index contributed by atoms with van der Waals surface area (Å²) in [6.45, 7) is 11.7. The molecule has 1 saturated heterocycles. The minimum atomic E-state index is -0.990. The molecule has 4 N–H and O–H groups in total. The molecule has 4 aliphatic rings. The fourth-order valence-electron chi connectivity index (χ4n) is 6.62. The second-order valence-corrected chi connectivity index (χ2v) is 12.3. The molecule has 0 spiro atoms. The topological polar surface area (TPSA) is 114 Å². The van der Waals surface area contributed by atoms with Crippen LogP contribution in [0.15, 0.2) is 24.7 Å². The van der Waals surface area contributed by atoms with Gasteiger partial charge in [-0.3, -0.25) is 14.4 Å². The van der Waals surface area contributed by atoms with Gasteiger partial charge in [-0.15, -0.1) is 0 Å². The summed E-state index contributed by atoms with van der Waals surface area (Å²) in [6.07, 6.45) is 14.6. The summed E-state index contributed by atoms with van der Waals surface area (Å²) in [6, 6.07) is -1.33. The summed E-state index contributed by atoms with van der Waals surface area (Å²) in [7, 11) is 0. The zero-order chi connectivity index (χ0) is 27.2. The lowest BCUT2D eigenvalue weighted by molar-refractivity contribution is -0.139. The van der Waals surface area contributed by atoms with Crippen molar-refractivity contribution >= 4 is 17.6 Å². The van der Waals surface area contributed by atoms with E-state index in [0.29, 0.717) is 30.6 Å². The molecule has 38 heavy (non-hydrogen) atoms. The molecule has 3 aliphatic carbocycles. The predicted molar refractivity (Wildman–Crippen MR) is 147 cm³/mol. The molecule has 3 atom stereocenters. The van der Waals surface area contributed by atoms with Crippen molar-refractivity contribution in [2.24, 2.45) is 23.5 Å². The standard InChI is InChI=1S/C30H48N4O4/c1-19-11-15-24(16-12-19)38-21(3)32-27(23-8-5-4-6-9-23)20(2)34-17-7-10-26(34)30(37)33-25(18-22-13-14-22)28(35)29(31)36/h19,22-27,32H,2-18H2,1H3,(H2,31,36)(H,33,37). The number of amides is 2. The minimum Gasteiger partial charge on any atom is -0.476 e. The molecular formula is C30H48N4O4. The Balaban J connectivity index is 1.42. The van der Waals surface area contributed by atoms with Crippen molar-refractivity contribution < 1.29 is 19.1 Å². The van der Waals surface area contributed by atoms with Crippen molar-refractivity contribution in [3.63, 3.8) is 0 Å². The molecule has 8 nitrogen and oxygen atoms in total. The van der Waals surface area contributed by atoms with Gasteiger partial charge in [0.25, 0.3) is 5.91 Å². The maximum absolute atomic E-state index is 13.4. The van der Waals surface area contributed by atoms with Gasteiger partial charge in [0.1, 0.15) is 12.1 Å². The lowest BCUT2D eigenvalue weighted by Gasteiger charge is -2.39. The third-order valence-electron chi connectivity index (χ3n) is 9.13. The zero-order valence-electron chi connectivity index (χ0n) is 23.2. The number of nitrogens with two attached hydrogens (primary N) is 1. The summed E-state index contributed by atoms with van der Waals surface area (Å²) in [5, 5.41) is 6.46. The van der Waals surface area contributed by atoms with Crippen LogP contribution in [0.2, 0.25) is 0 Å². The largest absolute Gasteiger partial charge is 0.476 e. The fraction of sp³-hybridized carbons (Fsp3) is 0.767. The minimum absolute atomic E-state index is 0.0618. The van der Waals surface area contributed by atoms with Crippen molar-refractivity contribution in [3.05, 3.63) is 24.7 Å². The summed E-state index contributed by atoms with van der Waals surface area (Å²) in [4.78, 5) is 39.6. The normalized spacial score (nSPS) is 27.7. The van der Waals surface area contributed by atoms with E-state index in [4.69, 9.17) is 10.5 Å². The number of ketones is 1. The van der Waals surface area contributed by atoms with Crippen LogP contribution in [0.4, 0.5) is 0 Å². The number of Topliss-reactive ketones (excluding diaryl/α,β-unsaturated/α-hetero) is 1. The SMILES string of the molecule is C=C(NC(C(=C)N1CCCC1C(=O)NC(CC1CC1)C(=O)C(N)=O)C1CCCCC1)OC1CCC(C)CC1. The fourth-order valence-corrected chi connectivity index (χ4v) is 6.62. The van der Waals surface area contributed by atoms with Crippen molar-refractivity contribution in [1.82, 2.24) is 15.5 Å². The third kappa shape index (κ3) is 7.54. The monoisotopic (exact) mass is 528 g/mol. The van der Waals surface area contributed by atoms with Crippen LogP contribution in [0.3, 0.4) is 0 Å². The molecule has 2 amide bonds. The first kappa shape index (κ1) is 28.5. The second-order valence-electron chi connectivity index (χ2n) is 12.3. The summed E-state index contributed by atoms with van der Waals surface area (Å²) in [5.41, 5.74) is 6.17. The van der Waals surface area contributed by atoms with Gasteiger partial charge in [0.15, 0.2) is 5.88 Å². The molecule has 1 aliphatic heterocycles. The number of rotatable bonds is 13. The number of carbonyl (C=O) groups excluding carboxylic acids is 3. The average molecular weight is 529 g/mol. The van der Waals surface area contributed by atoms with Crippen LogP contribution < -0.4 is 16.4 Å². The molecule has 4 rings (SSSR count). The third-order valence-corrected chi connectivity index (χ3v) is 9.13. The van der Waals surface area contributed by atoms with E-state index >= 15 is 0 Å². The van der Waals surface area contributed by atoms with Gasteiger partial charge in [-0.25, -0.2) is 0 Å². The highest BCUT2D eigenvalue weighted by Crippen LogP contribution is 2.35. The maximum Gasteiger partial charge on any atom is 0.287 e. The lowest BCUT2D eigenvalue weighted by atomic mass is 9.82. The zero-order valence-corrected chi connectivity index (χ0v) is 23.2. The van der Waals surface area contributed by atoms with Crippen molar-refractivity contribution in [3.8, 4) is 0 Å². The Hall–Kier alpha value is -2.51. The molecule has 0 aromatic rings. The Morgan fingerprint density at radius 3 is 2.24 bits per heavy atom. The smallest absolute Gasteiger partial charge is 0.287 e. The first-order valence-electron chi connectivity index (χ1n) is 14.9. The van der Waals surface area contributed by atoms with Crippen LogP contribution in [-0.4, -0.2) is 53.3 Å². The highest BCUT2D eigenvalue weighted by Gasteiger charge is 2.39. The summed E-state index contributed by atoms with van der Waals surface area (Å²) in [5.74, 6) is 0.196. The molecular weight excluding hydrogens is 480 g/mol. The molecule has 212 valence electrons. The van der Waals surface area contributed by atoms with E-state index in [-0.39, 0.29) is 18.1 Å². The first-order valence-corrected chi connectivity index (χ1v) is 14.9. The Bertz CT molecular complexity index is 887. The number of nitrogens with one attached hydrogen (secondary N) is 2. The number of hydrogen-bond acceptors (Lipinski definition) is 6. The van der Waals surface area contributed by atoms with E-state index in [1.165, 1.54) is 32.1 Å². The lowest BCUT2D eigenvalue weighted by Crippen LogP contribution is -2.53. The number of ether oxygens (including phenoxy) is 1. The van der Waals surface area contributed by atoms with Gasteiger partial charge in [-0.05, 0) is 82.1 Å². The van der Waals surface area contributed by atoms with Crippen LogP contribution in [0.1, 0.15) is 96.8 Å². The number of carbonyl (C=O) groups is 3. The van der Waals surface area contributed by atoms with E-state index in [2.05, 4.69) is 35.6 Å². The van der Waals surface area contributed by atoms with Crippen molar-refractivity contribution in [2.45, 2.75) is 121 Å². The Morgan fingerprint density at radius 1 is 0.921 bits per heavy atom. The Labute approximate surface area is 228 Å². The Morgan fingerprint density at radius 2 is 1.61 bits per heavy atom.